The molecule has 0 spiro atoms. The monoisotopic (exact) mass is 329 g/mol. The molecule has 1 aliphatic rings. The van der Waals surface area contributed by atoms with E-state index >= 15 is 0 Å². The Morgan fingerprint density at radius 1 is 1.32 bits per heavy atom. The van der Waals surface area contributed by atoms with Crippen LogP contribution >= 0.6 is 0 Å². The summed E-state index contributed by atoms with van der Waals surface area (Å²) < 4.78 is 31.7. The summed E-state index contributed by atoms with van der Waals surface area (Å²) in [6.07, 6.45) is -0.286. The van der Waals surface area contributed by atoms with Crippen molar-refractivity contribution >= 4 is 16.0 Å². The van der Waals surface area contributed by atoms with Crippen molar-refractivity contribution in [3.8, 4) is 5.75 Å². The third-order valence-corrected chi connectivity index (χ3v) is 5.80. The summed E-state index contributed by atoms with van der Waals surface area (Å²) in [6, 6.07) is 4.85. The molecule has 0 amide bonds. The van der Waals surface area contributed by atoms with E-state index in [1.807, 2.05) is 0 Å². The number of carbonyl (C=O) groups is 1. The lowest BCUT2D eigenvalue weighted by Gasteiger charge is -2.34. The zero-order valence-electron chi connectivity index (χ0n) is 12.4. The molecule has 1 aromatic carbocycles. The van der Waals surface area contributed by atoms with Crippen LogP contribution < -0.4 is 4.74 Å². The molecule has 1 saturated heterocycles. The van der Waals surface area contributed by atoms with Gasteiger partial charge in [0.05, 0.1) is 7.11 Å². The van der Waals surface area contributed by atoms with Gasteiger partial charge < -0.3 is 14.9 Å². The van der Waals surface area contributed by atoms with Crippen LogP contribution in [-0.4, -0.2) is 54.7 Å². The number of benzene rings is 1. The van der Waals surface area contributed by atoms with Crippen LogP contribution in [0.25, 0.3) is 0 Å². The van der Waals surface area contributed by atoms with Crippen molar-refractivity contribution in [3.63, 3.8) is 0 Å². The molecule has 122 valence electrons. The number of ether oxygens (including phenoxy) is 1. The van der Waals surface area contributed by atoms with E-state index in [0.717, 1.165) is 5.56 Å². The van der Waals surface area contributed by atoms with Crippen molar-refractivity contribution in [1.29, 1.82) is 0 Å². The summed E-state index contributed by atoms with van der Waals surface area (Å²) in [7, 11) is -2.41. The van der Waals surface area contributed by atoms with Gasteiger partial charge >= 0.3 is 5.97 Å². The van der Waals surface area contributed by atoms with E-state index in [9.17, 15) is 18.3 Å². The smallest absolute Gasteiger partial charge is 0.335 e. The standard InChI is InChI=1S/C14H19NO6S/c1-10-3-4-11(21-2)12(9-10)22(19,20)15-7-5-14(18,6-8-15)13(16)17/h3-4,9,18H,5-8H2,1-2H3,(H,16,17). The number of carboxylic acid groups (broad SMARTS) is 1. The Kier molecular flexibility index (Phi) is 4.46. The number of carboxylic acids is 1. The normalized spacial score (nSPS) is 18.9. The molecule has 0 unspecified atom stereocenters. The summed E-state index contributed by atoms with van der Waals surface area (Å²) in [5.74, 6) is -1.08. The number of nitrogens with zero attached hydrogens (tertiary/aromatic N) is 1. The molecule has 22 heavy (non-hydrogen) atoms. The molecular formula is C14H19NO6S. The molecule has 1 fully saturated rings. The number of methoxy groups -OCH3 is 1. The van der Waals surface area contributed by atoms with Crippen LogP contribution in [0.3, 0.4) is 0 Å². The Balaban J connectivity index is 2.30. The van der Waals surface area contributed by atoms with Crippen LogP contribution in [0.1, 0.15) is 18.4 Å². The Bertz CT molecular complexity index is 677. The van der Waals surface area contributed by atoms with E-state index in [1.165, 1.54) is 17.5 Å². The molecule has 0 aromatic heterocycles. The van der Waals surface area contributed by atoms with E-state index in [0.29, 0.717) is 0 Å². The predicted molar refractivity (Wildman–Crippen MR) is 78.3 cm³/mol. The van der Waals surface area contributed by atoms with Crippen molar-refractivity contribution in [1.82, 2.24) is 4.31 Å². The van der Waals surface area contributed by atoms with Gasteiger partial charge in [-0.3, -0.25) is 0 Å². The first-order valence-corrected chi connectivity index (χ1v) is 8.25. The third kappa shape index (κ3) is 2.94. The number of hydrogen-bond acceptors (Lipinski definition) is 5. The van der Waals surface area contributed by atoms with Crippen molar-refractivity contribution in [2.75, 3.05) is 20.2 Å². The molecule has 1 aliphatic heterocycles. The lowest BCUT2D eigenvalue weighted by atomic mass is 9.93. The number of piperidine rings is 1. The zero-order valence-corrected chi connectivity index (χ0v) is 13.3. The molecule has 1 heterocycles. The number of aryl methyl sites for hydroxylation is 1. The van der Waals surface area contributed by atoms with Gasteiger partial charge in [0, 0.05) is 25.9 Å². The summed E-state index contributed by atoms with van der Waals surface area (Å²) in [5.41, 5.74) is -1.08. The Morgan fingerprint density at radius 2 is 1.91 bits per heavy atom. The first-order chi connectivity index (χ1) is 10.2. The van der Waals surface area contributed by atoms with E-state index in [-0.39, 0.29) is 36.6 Å². The third-order valence-electron chi connectivity index (χ3n) is 3.88. The average Bonchev–Trinajstić information content (AvgIpc) is 2.47. The van der Waals surface area contributed by atoms with Gasteiger partial charge in [0.25, 0.3) is 0 Å². The van der Waals surface area contributed by atoms with E-state index in [2.05, 4.69) is 0 Å². The maximum Gasteiger partial charge on any atom is 0.335 e. The molecule has 1 aromatic rings. The van der Waals surface area contributed by atoms with Gasteiger partial charge in [-0.15, -0.1) is 0 Å². The molecule has 8 heteroatoms. The lowest BCUT2D eigenvalue weighted by molar-refractivity contribution is -0.162. The van der Waals surface area contributed by atoms with Crippen molar-refractivity contribution in [2.24, 2.45) is 0 Å². The second kappa shape index (κ2) is 5.86. The topological polar surface area (TPSA) is 104 Å². The zero-order chi connectivity index (χ0) is 16.5. The van der Waals surface area contributed by atoms with Crippen LogP contribution in [-0.2, 0) is 14.8 Å². The highest BCUT2D eigenvalue weighted by atomic mass is 32.2. The summed E-state index contributed by atoms with van der Waals surface area (Å²) in [4.78, 5) is 11.1. The molecule has 2 N–H and O–H groups in total. The van der Waals surface area contributed by atoms with Crippen LogP contribution in [0.2, 0.25) is 0 Å². The molecule has 0 atom stereocenters. The van der Waals surface area contributed by atoms with E-state index in [4.69, 9.17) is 9.84 Å². The molecule has 0 radical (unpaired) electrons. The Labute approximate surface area is 129 Å². The van der Waals surface area contributed by atoms with Crippen LogP contribution in [0.4, 0.5) is 0 Å². The quantitative estimate of drug-likeness (QED) is 0.838. The minimum Gasteiger partial charge on any atom is -0.495 e. The fourth-order valence-electron chi connectivity index (χ4n) is 2.43. The lowest BCUT2D eigenvalue weighted by Crippen LogP contribution is -2.50. The van der Waals surface area contributed by atoms with Crippen molar-refractivity contribution in [2.45, 2.75) is 30.3 Å². The first kappa shape index (κ1) is 16.7. The van der Waals surface area contributed by atoms with Gasteiger partial charge in [-0.2, -0.15) is 4.31 Å². The molecule has 0 saturated carbocycles. The van der Waals surface area contributed by atoms with Crippen molar-refractivity contribution < 1.29 is 28.2 Å². The second-order valence-electron chi connectivity index (χ2n) is 5.40. The summed E-state index contributed by atoms with van der Waals surface area (Å²) in [5, 5.41) is 18.9. The SMILES string of the molecule is COc1ccc(C)cc1S(=O)(=O)N1CCC(O)(C(=O)O)CC1. The molecular weight excluding hydrogens is 310 g/mol. The number of rotatable bonds is 4. The molecule has 0 bridgehead atoms. The summed E-state index contributed by atoms with van der Waals surface area (Å²) >= 11 is 0. The summed E-state index contributed by atoms with van der Waals surface area (Å²) in [6.45, 7) is 1.67. The highest BCUT2D eigenvalue weighted by molar-refractivity contribution is 7.89. The average molecular weight is 329 g/mol. The highest BCUT2D eigenvalue weighted by Crippen LogP contribution is 2.31. The largest absolute Gasteiger partial charge is 0.495 e. The van der Waals surface area contributed by atoms with E-state index in [1.54, 1.807) is 19.1 Å². The fourth-order valence-corrected chi connectivity index (χ4v) is 4.12. The van der Waals surface area contributed by atoms with E-state index < -0.39 is 21.6 Å². The van der Waals surface area contributed by atoms with Crippen LogP contribution in [0.5, 0.6) is 5.75 Å². The first-order valence-electron chi connectivity index (χ1n) is 6.81. The predicted octanol–water partition coefficient (Wildman–Crippen LogP) is 0.604. The van der Waals surface area contributed by atoms with Gasteiger partial charge in [-0.1, -0.05) is 6.07 Å². The molecule has 2 rings (SSSR count). The van der Waals surface area contributed by atoms with Gasteiger partial charge in [0.1, 0.15) is 10.6 Å². The Hall–Kier alpha value is -1.64. The number of aliphatic hydroxyl groups is 1. The number of sulfonamides is 1. The van der Waals surface area contributed by atoms with Gasteiger partial charge in [0.2, 0.25) is 10.0 Å². The molecule has 7 nitrogen and oxygen atoms in total. The van der Waals surface area contributed by atoms with Crippen LogP contribution in [0, 0.1) is 6.92 Å². The van der Waals surface area contributed by atoms with Gasteiger partial charge in [0.15, 0.2) is 5.60 Å². The van der Waals surface area contributed by atoms with Crippen molar-refractivity contribution in [3.05, 3.63) is 23.8 Å². The second-order valence-corrected chi connectivity index (χ2v) is 7.30. The number of aliphatic carboxylic acids is 1. The maximum atomic E-state index is 12.7. The fraction of sp³-hybridized carbons (Fsp3) is 0.500. The van der Waals surface area contributed by atoms with Gasteiger partial charge in [-0.25, -0.2) is 13.2 Å². The Morgan fingerprint density at radius 3 is 2.41 bits per heavy atom. The highest BCUT2D eigenvalue weighted by Gasteiger charge is 2.42. The maximum absolute atomic E-state index is 12.7. The van der Waals surface area contributed by atoms with Gasteiger partial charge in [-0.05, 0) is 24.6 Å². The van der Waals surface area contributed by atoms with Crippen LogP contribution in [0.15, 0.2) is 23.1 Å². The minimum absolute atomic E-state index is 0.0516. The number of hydrogen-bond donors (Lipinski definition) is 2. The minimum atomic E-state index is -3.80. The molecule has 0 aliphatic carbocycles.